The van der Waals surface area contributed by atoms with Crippen molar-refractivity contribution in [3.63, 3.8) is 0 Å². The maximum absolute atomic E-state index is 5.30. The van der Waals surface area contributed by atoms with Crippen molar-refractivity contribution in [2.24, 2.45) is 0 Å². The fourth-order valence-electron chi connectivity index (χ4n) is 2.12. The van der Waals surface area contributed by atoms with Gasteiger partial charge in [0.25, 0.3) is 0 Å². The average molecular weight is 287 g/mol. The van der Waals surface area contributed by atoms with Gasteiger partial charge in [-0.05, 0) is 12.8 Å². The number of aromatic nitrogens is 2. The summed E-state index contributed by atoms with van der Waals surface area (Å²) in [4.78, 5) is 4.52. The van der Waals surface area contributed by atoms with Gasteiger partial charge in [-0.25, -0.2) is 0 Å². The van der Waals surface area contributed by atoms with Crippen molar-refractivity contribution >= 4 is 16.7 Å². The minimum Gasteiger partial charge on any atom is -0.377 e. The molecule has 5 heteroatoms. The Morgan fingerprint density at radius 3 is 2.95 bits per heavy atom. The molecule has 2 heterocycles. The molecule has 1 aromatic heterocycles. The Labute approximate surface area is 122 Å². The van der Waals surface area contributed by atoms with E-state index in [9.17, 15) is 0 Å². The number of anilines is 1. The van der Waals surface area contributed by atoms with E-state index in [1.165, 1.54) is 17.1 Å². The van der Waals surface area contributed by atoms with Crippen LogP contribution >= 0.6 is 11.5 Å². The van der Waals surface area contributed by atoms with Crippen LogP contribution < -0.4 is 5.32 Å². The number of hydrogen-bond acceptors (Lipinski definition) is 5. The van der Waals surface area contributed by atoms with E-state index in [2.05, 4.69) is 20.8 Å². The first kappa shape index (κ1) is 13.3. The van der Waals surface area contributed by atoms with Crippen LogP contribution in [0.15, 0.2) is 42.0 Å². The van der Waals surface area contributed by atoms with E-state index < -0.39 is 0 Å². The summed E-state index contributed by atoms with van der Waals surface area (Å²) in [5.41, 5.74) is 2.53. The largest absolute Gasteiger partial charge is 0.377 e. The van der Waals surface area contributed by atoms with Gasteiger partial charge in [0.05, 0.1) is 13.2 Å². The lowest BCUT2D eigenvalue weighted by Crippen LogP contribution is -2.08. The first-order valence-corrected chi connectivity index (χ1v) is 7.58. The summed E-state index contributed by atoms with van der Waals surface area (Å²) >= 11 is 1.41. The molecular weight excluding hydrogens is 270 g/mol. The minimum absolute atomic E-state index is 0.756. The Morgan fingerprint density at radius 2 is 2.15 bits per heavy atom. The van der Waals surface area contributed by atoms with Crippen LogP contribution in [0.5, 0.6) is 0 Å². The number of hydrogen-bond donors (Lipinski definition) is 1. The third kappa shape index (κ3) is 3.43. The second-order valence-corrected chi connectivity index (χ2v) is 5.41. The SMILES string of the molecule is C1=C(CCNc2nc(-c3ccccc3)ns2)CCOC1. The minimum atomic E-state index is 0.756. The number of nitrogens with zero attached hydrogens (tertiary/aromatic N) is 2. The second kappa shape index (κ2) is 6.63. The second-order valence-electron chi connectivity index (χ2n) is 4.65. The Morgan fingerprint density at radius 1 is 1.25 bits per heavy atom. The molecule has 0 bridgehead atoms. The summed E-state index contributed by atoms with van der Waals surface area (Å²) < 4.78 is 9.68. The van der Waals surface area contributed by atoms with E-state index in [1.54, 1.807) is 0 Å². The van der Waals surface area contributed by atoms with Crippen LogP contribution in [0, 0.1) is 0 Å². The zero-order valence-electron chi connectivity index (χ0n) is 11.2. The molecule has 0 fully saturated rings. The lowest BCUT2D eigenvalue weighted by molar-refractivity contribution is 0.153. The van der Waals surface area contributed by atoms with Crippen molar-refractivity contribution in [3.05, 3.63) is 42.0 Å². The van der Waals surface area contributed by atoms with Crippen molar-refractivity contribution in [3.8, 4) is 11.4 Å². The van der Waals surface area contributed by atoms with E-state index in [-0.39, 0.29) is 0 Å². The van der Waals surface area contributed by atoms with Crippen molar-refractivity contribution < 1.29 is 4.74 Å². The van der Waals surface area contributed by atoms with Gasteiger partial charge in [-0.15, -0.1) is 0 Å². The summed E-state index contributed by atoms with van der Waals surface area (Å²) in [6.07, 6.45) is 4.28. The van der Waals surface area contributed by atoms with E-state index in [1.807, 2.05) is 30.3 Å². The molecule has 1 N–H and O–H groups in total. The summed E-state index contributed by atoms with van der Waals surface area (Å²) in [7, 11) is 0. The van der Waals surface area contributed by atoms with E-state index >= 15 is 0 Å². The molecule has 0 saturated carbocycles. The van der Waals surface area contributed by atoms with Crippen LogP contribution in [0.2, 0.25) is 0 Å². The van der Waals surface area contributed by atoms with Gasteiger partial charge in [0.15, 0.2) is 5.82 Å². The molecule has 0 spiro atoms. The van der Waals surface area contributed by atoms with Gasteiger partial charge < -0.3 is 10.1 Å². The van der Waals surface area contributed by atoms with E-state index in [4.69, 9.17) is 4.74 Å². The quantitative estimate of drug-likeness (QED) is 0.857. The van der Waals surface area contributed by atoms with Crippen molar-refractivity contribution in [1.82, 2.24) is 9.36 Å². The van der Waals surface area contributed by atoms with Gasteiger partial charge in [-0.3, -0.25) is 0 Å². The molecule has 0 unspecified atom stereocenters. The van der Waals surface area contributed by atoms with Crippen LogP contribution in [-0.2, 0) is 4.74 Å². The van der Waals surface area contributed by atoms with Gasteiger partial charge in [0, 0.05) is 23.6 Å². The molecule has 0 amide bonds. The van der Waals surface area contributed by atoms with Crippen LogP contribution in [0.4, 0.5) is 5.13 Å². The van der Waals surface area contributed by atoms with Gasteiger partial charge in [-0.1, -0.05) is 42.0 Å². The number of benzene rings is 1. The molecule has 104 valence electrons. The van der Waals surface area contributed by atoms with E-state index in [0.29, 0.717) is 0 Å². The molecule has 1 aliphatic heterocycles. The highest BCUT2D eigenvalue weighted by Crippen LogP contribution is 2.21. The van der Waals surface area contributed by atoms with Gasteiger partial charge in [0.2, 0.25) is 5.13 Å². The zero-order valence-corrected chi connectivity index (χ0v) is 12.0. The summed E-state index contributed by atoms with van der Waals surface area (Å²) in [6.45, 7) is 2.50. The lowest BCUT2D eigenvalue weighted by atomic mass is 10.1. The molecular formula is C15H17N3OS. The third-order valence-electron chi connectivity index (χ3n) is 3.24. The topological polar surface area (TPSA) is 47.0 Å². The molecule has 0 radical (unpaired) electrons. The van der Waals surface area contributed by atoms with Crippen molar-refractivity contribution in [2.45, 2.75) is 12.8 Å². The maximum Gasteiger partial charge on any atom is 0.202 e. The predicted molar refractivity (Wildman–Crippen MR) is 82.0 cm³/mol. The smallest absolute Gasteiger partial charge is 0.202 e. The molecule has 0 saturated heterocycles. The standard InChI is InChI=1S/C15H17N3OS/c1-2-4-13(5-3-1)14-17-15(20-18-14)16-9-6-12-7-10-19-11-8-12/h1-5,7H,6,8-11H2,(H,16,17,18). The number of rotatable bonds is 5. The maximum atomic E-state index is 5.30. The fraction of sp³-hybridized carbons (Fsp3) is 0.333. The molecule has 3 rings (SSSR count). The highest BCUT2D eigenvalue weighted by Gasteiger charge is 2.07. The number of nitrogens with one attached hydrogen (secondary N) is 1. The highest BCUT2D eigenvalue weighted by molar-refractivity contribution is 7.09. The predicted octanol–water partition coefficient (Wildman–Crippen LogP) is 3.35. The Balaban J connectivity index is 1.54. The lowest BCUT2D eigenvalue weighted by Gasteiger charge is -2.13. The molecule has 4 nitrogen and oxygen atoms in total. The molecule has 0 aliphatic carbocycles. The van der Waals surface area contributed by atoms with Crippen LogP contribution in [0.3, 0.4) is 0 Å². The molecule has 20 heavy (non-hydrogen) atoms. The highest BCUT2D eigenvalue weighted by atomic mass is 32.1. The van der Waals surface area contributed by atoms with Crippen molar-refractivity contribution in [1.29, 1.82) is 0 Å². The Bertz CT molecular complexity index is 580. The summed E-state index contributed by atoms with van der Waals surface area (Å²) in [6, 6.07) is 10.1. The monoisotopic (exact) mass is 287 g/mol. The van der Waals surface area contributed by atoms with Crippen LogP contribution in [-0.4, -0.2) is 29.1 Å². The fourth-order valence-corrected chi connectivity index (χ4v) is 2.74. The Hall–Kier alpha value is -1.72. The zero-order chi connectivity index (χ0) is 13.6. The van der Waals surface area contributed by atoms with Crippen LogP contribution in [0.25, 0.3) is 11.4 Å². The molecule has 1 aliphatic rings. The first-order valence-electron chi connectivity index (χ1n) is 6.80. The van der Waals surface area contributed by atoms with E-state index in [0.717, 1.165) is 49.1 Å². The van der Waals surface area contributed by atoms with Gasteiger partial charge in [-0.2, -0.15) is 9.36 Å². The third-order valence-corrected chi connectivity index (χ3v) is 3.91. The normalized spacial score (nSPS) is 14.9. The number of ether oxygens (including phenoxy) is 1. The van der Waals surface area contributed by atoms with Crippen LogP contribution in [0.1, 0.15) is 12.8 Å². The summed E-state index contributed by atoms with van der Waals surface area (Å²) in [5, 5.41) is 4.23. The van der Waals surface area contributed by atoms with Gasteiger partial charge in [0.1, 0.15) is 0 Å². The molecule has 1 aromatic carbocycles. The molecule has 0 atom stereocenters. The average Bonchev–Trinajstić information content (AvgIpc) is 2.98. The van der Waals surface area contributed by atoms with Crippen molar-refractivity contribution in [2.75, 3.05) is 25.1 Å². The van der Waals surface area contributed by atoms with Gasteiger partial charge >= 0.3 is 0 Å². The summed E-state index contributed by atoms with van der Waals surface area (Å²) in [5.74, 6) is 0.795. The molecule has 2 aromatic rings. The first-order chi connectivity index (χ1) is 9.92. The Kier molecular flexibility index (Phi) is 4.40.